The Hall–Kier alpha value is -1.18. The molecule has 1 atom stereocenters. The molecule has 4 heteroatoms. The van der Waals surface area contributed by atoms with Gasteiger partial charge in [0.05, 0.1) is 11.3 Å². The summed E-state index contributed by atoms with van der Waals surface area (Å²) in [5, 5.41) is 13.1. The Kier molecular flexibility index (Phi) is 5.96. The molecule has 0 saturated carbocycles. The fraction of sp³-hybridized carbons (Fsp3) is 0.588. The van der Waals surface area contributed by atoms with Crippen LogP contribution in [0.3, 0.4) is 0 Å². The molecule has 1 fully saturated rings. The number of hydrogen-bond donors (Lipinski definition) is 1. The minimum Gasteiger partial charge on any atom is -0.368 e. The molecule has 2 rings (SSSR count). The Bertz CT molecular complexity index is 501. The number of anilines is 1. The number of piperidine rings is 1. The molecule has 1 N–H and O–H groups in total. The minimum absolute atomic E-state index is 0.399. The molecular weight excluding hydrogens is 278 g/mol. The zero-order chi connectivity index (χ0) is 15.2. The summed E-state index contributed by atoms with van der Waals surface area (Å²) in [6.07, 6.45) is 4.57. The second-order valence-corrected chi connectivity index (χ2v) is 6.77. The van der Waals surface area contributed by atoms with Crippen LogP contribution in [-0.2, 0) is 0 Å². The van der Waals surface area contributed by atoms with Crippen LogP contribution >= 0.6 is 11.8 Å². The first kappa shape index (κ1) is 16.2. The van der Waals surface area contributed by atoms with Crippen LogP contribution in [0.5, 0.6) is 0 Å². The Labute approximate surface area is 132 Å². The molecule has 1 heterocycles. The van der Waals surface area contributed by atoms with Gasteiger partial charge in [-0.05, 0) is 64.1 Å². The van der Waals surface area contributed by atoms with E-state index >= 15 is 0 Å². The van der Waals surface area contributed by atoms with Crippen molar-refractivity contribution in [2.75, 3.05) is 30.8 Å². The van der Waals surface area contributed by atoms with Gasteiger partial charge in [-0.15, -0.1) is 11.8 Å². The van der Waals surface area contributed by atoms with E-state index in [1.807, 2.05) is 12.3 Å². The van der Waals surface area contributed by atoms with Gasteiger partial charge in [-0.1, -0.05) is 6.07 Å². The predicted molar refractivity (Wildman–Crippen MR) is 91.0 cm³/mol. The van der Waals surface area contributed by atoms with Crippen LogP contribution in [0.1, 0.15) is 32.3 Å². The maximum atomic E-state index is 9.56. The monoisotopic (exact) mass is 303 g/mol. The molecule has 0 spiro atoms. The highest BCUT2D eigenvalue weighted by molar-refractivity contribution is 7.98. The highest BCUT2D eigenvalue weighted by Crippen LogP contribution is 2.31. The molecule has 0 aromatic heterocycles. The van der Waals surface area contributed by atoms with Gasteiger partial charge in [0, 0.05) is 17.5 Å². The number of nitriles is 1. The van der Waals surface area contributed by atoms with Crippen molar-refractivity contribution in [2.45, 2.75) is 37.6 Å². The first-order chi connectivity index (χ1) is 10.2. The molecule has 0 amide bonds. The van der Waals surface area contributed by atoms with E-state index in [2.05, 4.69) is 42.3 Å². The minimum atomic E-state index is 0.399. The van der Waals surface area contributed by atoms with E-state index in [4.69, 9.17) is 0 Å². The Morgan fingerprint density at radius 2 is 2.29 bits per heavy atom. The third-order valence-electron chi connectivity index (χ3n) is 4.12. The SMILES string of the molecule is CSc1cccc(N(CC2CCCNC2)C(C)C)c1C#N. The van der Waals surface area contributed by atoms with Gasteiger partial charge in [0.15, 0.2) is 0 Å². The van der Waals surface area contributed by atoms with Gasteiger partial charge in [0.2, 0.25) is 0 Å². The zero-order valence-corrected chi connectivity index (χ0v) is 14.0. The number of nitrogens with zero attached hydrogens (tertiary/aromatic N) is 2. The van der Waals surface area contributed by atoms with E-state index in [1.165, 1.54) is 12.8 Å². The molecule has 3 nitrogen and oxygen atoms in total. The van der Waals surface area contributed by atoms with Gasteiger partial charge in [-0.2, -0.15) is 5.26 Å². The van der Waals surface area contributed by atoms with Crippen LogP contribution in [0.4, 0.5) is 5.69 Å². The predicted octanol–water partition coefficient (Wildman–Crippen LogP) is 3.49. The molecule has 0 aliphatic carbocycles. The lowest BCUT2D eigenvalue weighted by atomic mass is 9.97. The highest BCUT2D eigenvalue weighted by Gasteiger charge is 2.22. The maximum absolute atomic E-state index is 9.56. The third kappa shape index (κ3) is 3.93. The molecule has 1 aromatic carbocycles. The smallest absolute Gasteiger partial charge is 0.103 e. The van der Waals surface area contributed by atoms with Crippen molar-refractivity contribution in [3.05, 3.63) is 23.8 Å². The quantitative estimate of drug-likeness (QED) is 0.845. The maximum Gasteiger partial charge on any atom is 0.103 e. The lowest BCUT2D eigenvalue weighted by Crippen LogP contribution is -2.41. The largest absolute Gasteiger partial charge is 0.368 e. The number of hydrogen-bond acceptors (Lipinski definition) is 4. The summed E-state index contributed by atoms with van der Waals surface area (Å²) in [5.74, 6) is 0.672. The van der Waals surface area contributed by atoms with E-state index in [9.17, 15) is 5.26 Å². The molecular formula is C17H25N3S. The molecule has 21 heavy (non-hydrogen) atoms. The van der Waals surface area contributed by atoms with Crippen molar-refractivity contribution in [1.29, 1.82) is 5.26 Å². The first-order valence-corrected chi connectivity index (χ1v) is 8.94. The fourth-order valence-electron chi connectivity index (χ4n) is 2.99. The van der Waals surface area contributed by atoms with Crippen molar-refractivity contribution in [1.82, 2.24) is 5.32 Å². The average Bonchev–Trinajstić information content (AvgIpc) is 2.52. The second kappa shape index (κ2) is 7.72. The van der Waals surface area contributed by atoms with Gasteiger partial charge in [0.25, 0.3) is 0 Å². The van der Waals surface area contributed by atoms with E-state index in [-0.39, 0.29) is 0 Å². The van der Waals surface area contributed by atoms with Crippen molar-refractivity contribution in [3.8, 4) is 6.07 Å². The molecule has 1 aliphatic rings. The number of nitrogens with one attached hydrogen (secondary N) is 1. The van der Waals surface area contributed by atoms with E-state index in [0.29, 0.717) is 12.0 Å². The van der Waals surface area contributed by atoms with Crippen LogP contribution in [0.2, 0.25) is 0 Å². The molecule has 1 aromatic rings. The summed E-state index contributed by atoms with van der Waals surface area (Å²) in [4.78, 5) is 3.47. The van der Waals surface area contributed by atoms with E-state index in [0.717, 1.165) is 35.8 Å². The number of thioether (sulfide) groups is 1. The Balaban J connectivity index is 2.27. The van der Waals surface area contributed by atoms with Gasteiger partial charge >= 0.3 is 0 Å². The summed E-state index contributed by atoms with van der Waals surface area (Å²) >= 11 is 1.65. The molecule has 0 radical (unpaired) electrons. The average molecular weight is 303 g/mol. The Morgan fingerprint density at radius 3 is 2.86 bits per heavy atom. The van der Waals surface area contributed by atoms with Gasteiger partial charge in [-0.3, -0.25) is 0 Å². The summed E-state index contributed by atoms with van der Waals surface area (Å²) < 4.78 is 0. The van der Waals surface area contributed by atoms with Crippen molar-refractivity contribution in [2.24, 2.45) is 5.92 Å². The lowest BCUT2D eigenvalue weighted by molar-refractivity contribution is 0.371. The summed E-state index contributed by atoms with van der Waals surface area (Å²) in [7, 11) is 0. The summed E-state index contributed by atoms with van der Waals surface area (Å²) in [5.41, 5.74) is 1.91. The van der Waals surface area contributed by atoms with Crippen LogP contribution in [-0.4, -0.2) is 31.9 Å². The molecule has 0 bridgehead atoms. The molecule has 1 aliphatic heterocycles. The van der Waals surface area contributed by atoms with Gasteiger partial charge in [-0.25, -0.2) is 0 Å². The topological polar surface area (TPSA) is 39.1 Å². The number of benzene rings is 1. The van der Waals surface area contributed by atoms with Crippen LogP contribution < -0.4 is 10.2 Å². The van der Waals surface area contributed by atoms with Gasteiger partial charge < -0.3 is 10.2 Å². The van der Waals surface area contributed by atoms with E-state index in [1.54, 1.807) is 11.8 Å². The van der Waals surface area contributed by atoms with Crippen molar-refractivity contribution in [3.63, 3.8) is 0 Å². The summed E-state index contributed by atoms with van der Waals surface area (Å²) in [6.45, 7) is 7.68. The van der Waals surface area contributed by atoms with Crippen LogP contribution in [0, 0.1) is 17.2 Å². The van der Waals surface area contributed by atoms with Crippen molar-refractivity contribution >= 4 is 17.4 Å². The fourth-order valence-corrected chi connectivity index (χ4v) is 3.56. The molecule has 1 unspecified atom stereocenters. The van der Waals surface area contributed by atoms with Crippen LogP contribution in [0.15, 0.2) is 23.1 Å². The molecule has 1 saturated heterocycles. The first-order valence-electron chi connectivity index (χ1n) is 7.71. The third-order valence-corrected chi connectivity index (χ3v) is 4.90. The summed E-state index contributed by atoms with van der Waals surface area (Å²) in [6, 6.07) is 9.00. The zero-order valence-electron chi connectivity index (χ0n) is 13.2. The molecule has 114 valence electrons. The number of rotatable bonds is 5. The highest BCUT2D eigenvalue weighted by atomic mass is 32.2. The van der Waals surface area contributed by atoms with Crippen LogP contribution in [0.25, 0.3) is 0 Å². The standard InChI is InChI=1S/C17H25N3S/c1-13(2)20(12-14-6-5-9-19-11-14)16-7-4-8-17(21-3)15(16)10-18/h4,7-8,13-14,19H,5-6,9,11-12H2,1-3H3. The second-order valence-electron chi connectivity index (χ2n) is 5.92. The van der Waals surface area contributed by atoms with Gasteiger partial charge in [0.1, 0.15) is 6.07 Å². The Morgan fingerprint density at radius 1 is 1.48 bits per heavy atom. The lowest BCUT2D eigenvalue weighted by Gasteiger charge is -2.35. The van der Waals surface area contributed by atoms with Crippen molar-refractivity contribution < 1.29 is 0 Å². The van der Waals surface area contributed by atoms with E-state index < -0.39 is 0 Å². The normalized spacial score (nSPS) is 18.5.